The number of hydrogen-bond donors (Lipinski definition) is 1. The van der Waals surface area contributed by atoms with E-state index in [1.165, 1.54) is 18.2 Å². The lowest BCUT2D eigenvalue weighted by Gasteiger charge is -2.14. The van der Waals surface area contributed by atoms with E-state index in [1.807, 2.05) is 13.8 Å². The van der Waals surface area contributed by atoms with E-state index in [-0.39, 0.29) is 18.2 Å². The van der Waals surface area contributed by atoms with Crippen molar-refractivity contribution in [2.24, 2.45) is 0 Å². The molecule has 3 rings (SSSR count). The van der Waals surface area contributed by atoms with Gasteiger partial charge in [-0.15, -0.1) is 0 Å². The third-order valence-electron chi connectivity index (χ3n) is 4.83. The molecule has 0 unspecified atom stereocenters. The first-order valence-electron chi connectivity index (χ1n) is 9.67. The molecule has 0 saturated carbocycles. The summed E-state index contributed by atoms with van der Waals surface area (Å²) >= 11 is 0. The molecule has 1 heterocycles. The molecule has 7 nitrogen and oxygen atoms in total. The highest BCUT2D eigenvalue weighted by atomic mass is 19.1. The second-order valence-corrected chi connectivity index (χ2v) is 7.14. The maximum atomic E-state index is 14.2. The van der Waals surface area contributed by atoms with Gasteiger partial charge in [-0.1, -0.05) is 42.8 Å². The Morgan fingerprint density at radius 1 is 1.13 bits per heavy atom. The van der Waals surface area contributed by atoms with Gasteiger partial charge in [-0.25, -0.2) is 9.18 Å². The molecule has 156 valence electrons. The molecule has 0 aliphatic carbocycles. The van der Waals surface area contributed by atoms with Crippen molar-refractivity contribution in [3.05, 3.63) is 92.0 Å². The molecule has 1 atom stereocenters. The summed E-state index contributed by atoms with van der Waals surface area (Å²) in [5.74, 6) is -1.23. The molecule has 1 N–H and O–H groups in total. The molecule has 2 aromatic carbocycles. The molecule has 0 fully saturated rings. The van der Waals surface area contributed by atoms with Crippen LogP contribution >= 0.6 is 0 Å². The number of nitrogens with one attached hydrogen (secondary N) is 1. The van der Waals surface area contributed by atoms with Crippen molar-refractivity contribution in [1.29, 1.82) is 0 Å². The van der Waals surface area contributed by atoms with E-state index in [2.05, 4.69) is 10.4 Å². The van der Waals surface area contributed by atoms with Crippen LogP contribution in [-0.2, 0) is 6.54 Å². The number of carbonyl (C=O) groups is 1. The Kier molecular flexibility index (Phi) is 6.25. The molecule has 8 heteroatoms. The van der Waals surface area contributed by atoms with Gasteiger partial charge in [-0.05, 0) is 38.5 Å². The number of benzene rings is 2. The fraction of sp³-hybridized carbons (Fsp3) is 0.273. The smallest absolute Gasteiger partial charge is 0.348 e. The number of amides is 1. The number of halogens is 1. The summed E-state index contributed by atoms with van der Waals surface area (Å²) in [6, 6.07) is 12.6. The Balaban J connectivity index is 2.20. The van der Waals surface area contributed by atoms with Crippen LogP contribution in [0.4, 0.5) is 4.39 Å². The van der Waals surface area contributed by atoms with Crippen LogP contribution in [0.3, 0.4) is 0 Å². The first-order chi connectivity index (χ1) is 14.3. The van der Waals surface area contributed by atoms with Crippen LogP contribution in [0, 0.1) is 12.7 Å². The minimum atomic E-state index is -0.868. The largest absolute Gasteiger partial charge is 0.352 e. The van der Waals surface area contributed by atoms with Crippen molar-refractivity contribution in [2.75, 3.05) is 0 Å². The lowest BCUT2D eigenvalue weighted by molar-refractivity contribution is 0.0929. The molecule has 0 radical (unpaired) electrons. The van der Waals surface area contributed by atoms with Crippen LogP contribution in [0.2, 0.25) is 0 Å². The number of carbonyl (C=O) groups excluding carboxylic acids is 1. The van der Waals surface area contributed by atoms with Gasteiger partial charge >= 0.3 is 5.69 Å². The summed E-state index contributed by atoms with van der Waals surface area (Å²) in [4.78, 5) is 38.7. The maximum Gasteiger partial charge on any atom is 0.352 e. The zero-order valence-corrected chi connectivity index (χ0v) is 17.1. The van der Waals surface area contributed by atoms with Gasteiger partial charge in [0, 0.05) is 11.6 Å². The summed E-state index contributed by atoms with van der Waals surface area (Å²) in [7, 11) is 0. The summed E-state index contributed by atoms with van der Waals surface area (Å²) in [5, 5.41) is 6.74. The third kappa shape index (κ3) is 4.37. The van der Waals surface area contributed by atoms with Crippen LogP contribution in [0.15, 0.2) is 58.1 Å². The number of hydrogen-bond acceptors (Lipinski definition) is 4. The molecule has 0 spiro atoms. The van der Waals surface area contributed by atoms with Crippen molar-refractivity contribution < 1.29 is 9.18 Å². The second-order valence-electron chi connectivity index (χ2n) is 7.14. The molecule has 30 heavy (non-hydrogen) atoms. The monoisotopic (exact) mass is 410 g/mol. The molecule has 0 saturated heterocycles. The van der Waals surface area contributed by atoms with Crippen LogP contribution in [0.1, 0.15) is 41.9 Å². The van der Waals surface area contributed by atoms with Gasteiger partial charge in [0.1, 0.15) is 5.82 Å². The molecule has 0 aliphatic rings. The van der Waals surface area contributed by atoms with E-state index in [1.54, 1.807) is 37.3 Å². The topological polar surface area (TPSA) is 86.0 Å². The Hall–Kier alpha value is -3.55. The molecule has 1 aromatic heterocycles. The van der Waals surface area contributed by atoms with Gasteiger partial charge in [0.05, 0.1) is 12.2 Å². The number of aromatic nitrogens is 3. The molecular formula is C22H23FN4O3. The van der Waals surface area contributed by atoms with Crippen LogP contribution in [0.25, 0.3) is 5.69 Å². The highest BCUT2D eigenvalue weighted by molar-refractivity contribution is 5.91. The first kappa shape index (κ1) is 21.2. The van der Waals surface area contributed by atoms with Crippen molar-refractivity contribution in [3.63, 3.8) is 0 Å². The van der Waals surface area contributed by atoms with E-state index in [0.29, 0.717) is 12.1 Å². The summed E-state index contributed by atoms with van der Waals surface area (Å²) in [6.45, 7) is 5.26. The van der Waals surface area contributed by atoms with E-state index >= 15 is 0 Å². The van der Waals surface area contributed by atoms with Crippen LogP contribution in [0.5, 0.6) is 0 Å². The average molecular weight is 410 g/mol. The fourth-order valence-electron chi connectivity index (χ4n) is 2.84. The SMILES string of the molecule is CC[C@@H](C)NC(=O)c1nn(-c2ccc(C)cc2)c(=O)n(Cc2ccccc2F)c1=O. The highest BCUT2D eigenvalue weighted by Gasteiger charge is 2.21. The van der Waals surface area contributed by atoms with Gasteiger partial charge in [0.15, 0.2) is 0 Å². The van der Waals surface area contributed by atoms with Crippen molar-refractivity contribution >= 4 is 5.91 Å². The minimum absolute atomic E-state index is 0.159. The number of rotatable bonds is 6. The normalized spacial score (nSPS) is 11.9. The van der Waals surface area contributed by atoms with E-state index < -0.39 is 28.7 Å². The Morgan fingerprint density at radius 3 is 2.43 bits per heavy atom. The van der Waals surface area contributed by atoms with Crippen LogP contribution in [-0.4, -0.2) is 26.3 Å². The highest BCUT2D eigenvalue weighted by Crippen LogP contribution is 2.08. The van der Waals surface area contributed by atoms with E-state index in [0.717, 1.165) is 14.8 Å². The third-order valence-corrected chi connectivity index (χ3v) is 4.83. The second kappa shape index (κ2) is 8.86. The van der Waals surface area contributed by atoms with Gasteiger partial charge in [-0.2, -0.15) is 9.78 Å². The predicted molar refractivity (Wildman–Crippen MR) is 112 cm³/mol. The molecule has 3 aromatic rings. The number of nitrogens with zero attached hydrogens (tertiary/aromatic N) is 3. The van der Waals surface area contributed by atoms with Crippen LogP contribution < -0.4 is 16.6 Å². The summed E-state index contributed by atoms with van der Waals surface area (Å²) in [5.41, 5.74) is -0.523. The zero-order valence-electron chi connectivity index (χ0n) is 17.1. The van der Waals surface area contributed by atoms with Crippen molar-refractivity contribution in [2.45, 2.75) is 39.8 Å². The average Bonchev–Trinajstić information content (AvgIpc) is 2.73. The van der Waals surface area contributed by atoms with E-state index in [9.17, 15) is 18.8 Å². The summed E-state index contributed by atoms with van der Waals surface area (Å²) in [6.07, 6.45) is 0.659. The number of aryl methyl sites for hydroxylation is 1. The van der Waals surface area contributed by atoms with Gasteiger partial charge in [0.2, 0.25) is 5.69 Å². The Morgan fingerprint density at radius 2 is 1.80 bits per heavy atom. The van der Waals surface area contributed by atoms with Gasteiger partial charge in [-0.3, -0.25) is 14.2 Å². The van der Waals surface area contributed by atoms with E-state index in [4.69, 9.17) is 0 Å². The lowest BCUT2D eigenvalue weighted by atomic mass is 10.2. The quantitative estimate of drug-likeness (QED) is 0.676. The predicted octanol–water partition coefficient (Wildman–Crippen LogP) is 2.42. The minimum Gasteiger partial charge on any atom is -0.348 e. The Bertz CT molecular complexity index is 1180. The Labute approximate surface area is 172 Å². The zero-order chi connectivity index (χ0) is 21.8. The van der Waals surface area contributed by atoms with Crippen molar-refractivity contribution in [3.8, 4) is 5.69 Å². The fourth-order valence-corrected chi connectivity index (χ4v) is 2.84. The maximum absolute atomic E-state index is 14.2. The molecular weight excluding hydrogens is 387 g/mol. The summed E-state index contributed by atoms with van der Waals surface area (Å²) < 4.78 is 16.0. The standard InChI is InChI=1S/C22H23FN4O3/c1-4-15(3)24-20(28)19-21(29)26(13-16-7-5-6-8-18(16)23)22(30)27(25-19)17-11-9-14(2)10-12-17/h5-12,15H,4,13H2,1-3H3,(H,24,28)/t15-/m1/s1. The van der Waals surface area contributed by atoms with Gasteiger partial charge < -0.3 is 5.32 Å². The molecule has 0 aliphatic heterocycles. The van der Waals surface area contributed by atoms with Crippen molar-refractivity contribution in [1.82, 2.24) is 19.7 Å². The van der Waals surface area contributed by atoms with Gasteiger partial charge in [0.25, 0.3) is 11.5 Å². The first-order valence-corrected chi connectivity index (χ1v) is 9.67. The molecule has 0 bridgehead atoms. The lowest BCUT2D eigenvalue weighted by Crippen LogP contribution is -2.47. The molecule has 1 amide bonds.